The van der Waals surface area contributed by atoms with Gasteiger partial charge in [0.25, 0.3) is 0 Å². The fourth-order valence-corrected chi connectivity index (χ4v) is 3.35. The molecule has 0 aliphatic carbocycles. The van der Waals surface area contributed by atoms with E-state index in [2.05, 4.69) is 35.1 Å². The van der Waals surface area contributed by atoms with Gasteiger partial charge in [0, 0.05) is 31.5 Å². The minimum absolute atomic E-state index is 0.00344. The van der Waals surface area contributed by atoms with E-state index in [0.717, 1.165) is 37.2 Å². The van der Waals surface area contributed by atoms with Gasteiger partial charge in [-0.1, -0.05) is 25.5 Å². The summed E-state index contributed by atoms with van der Waals surface area (Å²) in [5.41, 5.74) is 2.27. The van der Waals surface area contributed by atoms with E-state index in [1.165, 1.54) is 5.69 Å². The topological polar surface area (TPSA) is 46.5 Å². The molecule has 0 unspecified atom stereocenters. The van der Waals surface area contributed by atoms with E-state index in [-0.39, 0.29) is 12.1 Å². The summed E-state index contributed by atoms with van der Waals surface area (Å²) in [7, 11) is 1.65. The van der Waals surface area contributed by atoms with Crippen LogP contribution in [0, 0.1) is 0 Å². The van der Waals surface area contributed by atoms with E-state index in [0.29, 0.717) is 6.54 Å². The second-order valence-corrected chi connectivity index (χ2v) is 6.13. The number of amides is 2. The molecule has 2 heterocycles. The maximum Gasteiger partial charge on any atom is 0.318 e. The van der Waals surface area contributed by atoms with Crippen molar-refractivity contribution in [2.24, 2.45) is 0 Å². The van der Waals surface area contributed by atoms with Crippen molar-refractivity contribution in [2.45, 2.75) is 38.9 Å². The third-order valence-electron chi connectivity index (χ3n) is 4.56. The van der Waals surface area contributed by atoms with Crippen LogP contribution in [-0.4, -0.2) is 29.2 Å². The highest BCUT2D eigenvalue weighted by Crippen LogP contribution is 2.29. The molecule has 0 saturated heterocycles. The molecule has 1 aromatic heterocycles. The summed E-state index contributed by atoms with van der Waals surface area (Å²) in [6.45, 7) is 4.27. The third-order valence-corrected chi connectivity index (χ3v) is 4.56. The zero-order chi connectivity index (χ0) is 16.9. The molecule has 3 rings (SSSR count). The first-order valence-electron chi connectivity index (χ1n) is 8.55. The molecule has 0 fully saturated rings. The van der Waals surface area contributed by atoms with Gasteiger partial charge >= 0.3 is 6.03 Å². The Balaban J connectivity index is 1.67. The minimum atomic E-state index is 0.00344. The summed E-state index contributed by atoms with van der Waals surface area (Å²) in [6.07, 6.45) is 4.13. The molecule has 2 amide bonds. The van der Waals surface area contributed by atoms with Gasteiger partial charge in [-0.05, 0) is 36.2 Å². The SMILES string of the molecule is CCC[C@@H]1c2cccn2CCN1C(=O)NCc1cccc(OC)c1. The fourth-order valence-electron chi connectivity index (χ4n) is 3.35. The van der Waals surface area contributed by atoms with Crippen LogP contribution in [0.3, 0.4) is 0 Å². The van der Waals surface area contributed by atoms with Gasteiger partial charge in [0.15, 0.2) is 0 Å². The number of fused-ring (bicyclic) bond motifs is 1. The molecule has 2 aromatic rings. The summed E-state index contributed by atoms with van der Waals surface area (Å²) in [5, 5.41) is 3.05. The number of ether oxygens (including phenoxy) is 1. The summed E-state index contributed by atoms with van der Waals surface area (Å²) >= 11 is 0. The van der Waals surface area contributed by atoms with Gasteiger partial charge in [-0.25, -0.2) is 4.79 Å². The molecule has 1 atom stereocenters. The van der Waals surface area contributed by atoms with E-state index in [9.17, 15) is 4.79 Å². The number of benzene rings is 1. The molecule has 0 spiro atoms. The maximum absolute atomic E-state index is 12.7. The standard InChI is InChI=1S/C19H25N3O2/c1-3-6-18-17-9-5-10-21(17)11-12-22(18)19(23)20-14-15-7-4-8-16(13-15)24-2/h4-5,7-10,13,18H,3,6,11-12,14H2,1-2H3,(H,20,23)/t18-/m1/s1. The van der Waals surface area contributed by atoms with Crippen LogP contribution < -0.4 is 10.1 Å². The second kappa shape index (κ2) is 7.43. The third kappa shape index (κ3) is 3.40. The van der Waals surface area contributed by atoms with Crippen molar-refractivity contribution in [3.8, 4) is 5.75 Å². The highest BCUT2D eigenvalue weighted by atomic mass is 16.5. The van der Waals surface area contributed by atoms with Gasteiger partial charge in [0.2, 0.25) is 0 Å². The normalized spacial score (nSPS) is 16.6. The van der Waals surface area contributed by atoms with Crippen molar-refractivity contribution in [2.75, 3.05) is 13.7 Å². The smallest absolute Gasteiger partial charge is 0.318 e. The first-order valence-corrected chi connectivity index (χ1v) is 8.55. The molecule has 5 heteroatoms. The molecule has 1 aliphatic rings. The number of hydrogen-bond donors (Lipinski definition) is 1. The molecular formula is C19H25N3O2. The number of carbonyl (C=O) groups is 1. The summed E-state index contributed by atoms with van der Waals surface area (Å²) in [5.74, 6) is 0.807. The maximum atomic E-state index is 12.7. The summed E-state index contributed by atoms with van der Waals surface area (Å²) in [6, 6.07) is 12.1. The molecule has 0 bridgehead atoms. The van der Waals surface area contributed by atoms with Gasteiger partial charge < -0.3 is 19.5 Å². The van der Waals surface area contributed by atoms with E-state index in [1.807, 2.05) is 29.2 Å². The lowest BCUT2D eigenvalue weighted by molar-refractivity contribution is 0.150. The quantitative estimate of drug-likeness (QED) is 0.912. The van der Waals surface area contributed by atoms with E-state index in [4.69, 9.17) is 4.74 Å². The lowest BCUT2D eigenvalue weighted by Crippen LogP contribution is -2.46. The molecule has 1 aliphatic heterocycles. The number of nitrogens with zero attached hydrogens (tertiary/aromatic N) is 2. The van der Waals surface area contributed by atoms with Crippen LogP contribution in [0.4, 0.5) is 4.79 Å². The molecule has 5 nitrogen and oxygen atoms in total. The van der Waals surface area contributed by atoms with Crippen molar-refractivity contribution < 1.29 is 9.53 Å². The van der Waals surface area contributed by atoms with Gasteiger partial charge in [0.1, 0.15) is 5.75 Å². The van der Waals surface area contributed by atoms with E-state index < -0.39 is 0 Å². The van der Waals surface area contributed by atoms with Crippen molar-refractivity contribution in [3.05, 3.63) is 53.9 Å². The zero-order valence-corrected chi connectivity index (χ0v) is 14.4. The van der Waals surface area contributed by atoms with Crippen molar-refractivity contribution in [1.82, 2.24) is 14.8 Å². The predicted octanol–water partition coefficient (Wildman–Crippen LogP) is 3.56. The Bertz CT molecular complexity index is 695. The summed E-state index contributed by atoms with van der Waals surface area (Å²) in [4.78, 5) is 14.7. The Morgan fingerprint density at radius 3 is 2.96 bits per heavy atom. The van der Waals surface area contributed by atoms with Crippen LogP contribution in [0.5, 0.6) is 5.75 Å². The van der Waals surface area contributed by atoms with E-state index >= 15 is 0 Å². The number of rotatable bonds is 5. The van der Waals surface area contributed by atoms with Crippen molar-refractivity contribution in [3.63, 3.8) is 0 Å². The zero-order valence-electron chi connectivity index (χ0n) is 14.4. The Morgan fingerprint density at radius 1 is 1.29 bits per heavy atom. The number of urea groups is 1. The monoisotopic (exact) mass is 327 g/mol. The molecule has 0 radical (unpaired) electrons. The predicted molar refractivity (Wildman–Crippen MR) is 94.0 cm³/mol. The molecular weight excluding hydrogens is 302 g/mol. The number of methoxy groups -OCH3 is 1. The molecule has 0 saturated carbocycles. The molecule has 128 valence electrons. The lowest BCUT2D eigenvalue weighted by atomic mass is 10.0. The average molecular weight is 327 g/mol. The average Bonchev–Trinajstić information content (AvgIpc) is 3.09. The second-order valence-electron chi connectivity index (χ2n) is 6.13. The first-order chi connectivity index (χ1) is 11.7. The molecule has 1 aromatic carbocycles. The van der Waals surface area contributed by atoms with Gasteiger partial charge in [-0.2, -0.15) is 0 Å². The Morgan fingerprint density at radius 2 is 2.17 bits per heavy atom. The van der Waals surface area contributed by atoms with Crippen LogP contribution in [0.2, 0.25) is 0 Å². The van der Waals surface area contributed by atoms with Crippen LogP contribution in [0.25, 0.3) is 0 Å². The Kier molecular flexibility index (Phi) is 5.08. The number of carbonyl (C=O) groups excluding carboxylic acids is 1. The van der Waals surface area contributed by atoms with Gasteiger partial charge in [0.05, 0.1) is 13.2 Å². The van der Waals surface area contributed by atoms with Crippen molar-refractivity contribution in [1.29, 1.82) is 0 Å². The van der Waals surface area contributed by atoms with Crippen LogP contribution in [-0.2, 0) is 13.1 Å². The van der Waals surface area contributed by atoms with Gasteiger partial charge in [-0.15, -0.1) is 0 Å². The van der Waals surface area contributed by atoms with E-state index in [1.54, 1.807) is 7.11 Å². The summed E-state index contributed by atoms with van der Waals surface area (Å²) < 4.78 is 7.49. The lowest BCUT2D eigenvalue weighted by Gasteiger charge is -2.37. The minimum Gasteiger partial charge on any atom is -0.497 e. The van der Waals surface area contributed by atoms with Crippen LogP contribution >= 0.6 is 0 Å². The number of aromatic nitrogens is 1. The first kappa shape index (κ1) is 16.4. The molecule has 1 N–H and O–H groups in total. The molecule has 24 heavy (non-hydrogen) atoms. The van der Waals surface area contributed by atoms with Crippen molar-refractivity contribution >= 4 is 6.03 Å². The highest BCUT2D eigenvalue weighted by Gasteiger charge is 2.29. The van der Waals surface area contributed by atoms with Gasteiger partial charge in [-0.3, -0.25) is 0 Å². The number of nitrogens with one attached hydrogen (secondary N) is 1. The largest absolute Gasteiger partial charge is 0.497 e. The Hall–Kier alpha value is -2.43. The fraction of sp³-hybridized carbons (Fsp3) is 0.421. The highest BCUT2D eigenvalue weighted by molar-refractivity contribution is 5.75. The Labute approximate surface area is 143 Å². The number of hydrogen-bond acceptors (Lipinski definition) is 2. The van der Waals surface area contributed by atoms with Crippen LogP contribution in [0.15, 0.2) is 42.6 Å². The van der Waals surface area contributed by atoms with Crippen LogP contribution in [0.1, 0.15) is 37.1 Å².